The summed E-state index contributed by atoms with van der Waals surface area (Å²) in [7, 11) is 0. The molecule has 0 aliphatic heterocycles. The van der Waals surface area contributed by atoms with Crippen molar-refractivity contribution in [1.82, 2.24) is 0 Å². The van der Waals surface area contributed by atoms with E-state index in [4.69, 9.17) is 27.6 Å². The Balaban J connectivity index is 2.49. The van der Waals surface area contributed by atoms with Crippen LogP contribution in [0.2, 0.25) is 10.0 Å². The van der Waals surface area contributed by atoms with Crippen molar-refractivity contribution in [2.75, 3.05) is 0 Å². The largest absolute Gasteiger partial charge is 0.466 e. The molecule has 2 aromatic rings. The zero-order valence-corrected chi connectivity index (χ0v) is 13.3. The molecule has 1 heterocycles. The topological polar surface area (TPSA) is 54.0 Å². The number of hydrogen-bond donors (Lipinski definition) is 0. The molecule has 0 saturated heterocycles. The number of carbonyl (C=O) groups excluding carboxylic acids is 1. The lowest BCUT2D eigenvalue weighted by Gasteiger charge is -2.10. The lowest BCUT2D eigenvalue weighted by molar-refractivity contribution is 0.0977. The number of halogens is 2. The summed E-state index contributed by atoms with van der Waals surface area (Å²) in [6.07, 6.45) is 0. The minimum absolute atomic E-state index is 0.289. The Kier molecular flexibility index (Phi) is 4.41. The molecule has 21 heavy (non-hydrogen) atoms. The third-order valence-corrected chi connectivity index (χ3v) is 4.22. The molecule has 0 aliphatic carbocycles. The van der Waals surface area contributed by atoms with Gasteiger partial charge in [-0.05, 0) is 38.5 Å². The van der Waals surface area contributed by atoms with Crippen LogP contribution < -0.4 is 0 Å². The predicted octanol–water partition coefficient (Wildman–Crippen LogP) is 5.00. The highest BCUT2D eigenvalue weighted by Gasteiger charge is 2.27. The molecule has 0 fully saturated rings. The predicted molar refractivity (Wildman–Crippen MR) is 82.1 cm³/mol. The number of benzene rings is 1. The van der Waals surface area contributed by atoms with Crippen LogP contribution in [0.1, 0.15) is 38.9 Å². The van der Waals surface area contributed by atoms with E-state index in [1.165, 1.54) is 0 Å². The average molecular weight is 322 g/mol. The zero-order chi connectivity index (χ0) is 15.7. The highest BCUT2D eigenvalue weighted by molar-refractivity contribution is 6.42. The molecule has 0 N–H and O–H groups in total. The van der Waals surface area contributed by atoms with Crippen LogP contribution in [0.5, 0.6) is 0 Å². The van der Waals surface area contributed by atoms with Crippen molar-refractivity contribution in [3.05, 3.63) is 56.5 Å². The second-order valence-corrected chi connectivity index (χ2v) is 5.63. The first-order valence-corrected chi connectivity index (χ1v) is 7.07. The fourth-order valence-corrected chi connectivity index (χ4v) is 2.58. The number of nitriles is 1. The standard InChI is InChI=1S/C16H13Cl2NO2/c1-8-9(2)21-10(3)15(8)16(20)12(7-19)11-4-5-13(17)14(18)6-11/h4-6,12H,1-3H3. The van der Waals surface area contributed by atoms with Gasteiger partial charge in [0.2, 0.25) is 0 Å². The Morgan fingerprint density at radius 2 is 1.86 bits per heavy atom. The number of carbonyl (C=O) groups is 1. The normalized spacial score (nSPS) is 12.0. The van der Waals surface area contributed by atoms with E-state index in [-0.39, 0.29) is 5.78 Å². The van der Waals surface area contributed by atoms with E-state index in [2.05, 4.69) is 0 Å². The fraction of sp³-hybridized carbons (Fsp3) is 0.250. The summed E-state index contributed by atoms with van der Waals surface area (Å²) in [6, 6.07) is 6.80. The number of Topliss-reactive ketones (excluding diaryl/α,β-unsaturated/α-hetero) is 1. The Labute approximate surface area is 133 Å². The van der Waals surface area contributed by atoms with E-state index in [1.54, 1.807) is 32.0 Å². The monoisotopic (exact) mass is 321 g/mol. The molecule has 0 radical (unpaired) electrons. The van der Waals surface area contributed by atoms with Crippen LogP contribution in [0.25, 0.3) is 0 Å². The third-order valence-electron chi connectivity index (χ3n) is 3.48. The maximum absolute atomic E-state index is 12.7. The van der Waals surface area contributed by atoms with Crippen LogP contribution in [0.15, 0.2) is 22.6 Å². The van der Waals surface area contributed by atoms with Gasteiger partial charge in [0.1, 0.15) is 17.4 Å². The minimum atomic E-state index is -0.936. The molecule has 0 aliphatic rings. The van der Waals surface area contributed by atoms with Crippen LogP contribution in [0.3, 0.4) is 0 Å². The van der Waals surface area contributed by atoms with Crippen LogP contribution in [-0.4, -0.2) is 5.78 Å². The van der Waals surface area contributed by atoms with Gasteiger partial charge in [-0.25, -0.2) is 0 Å². The van der Waals surface area contributed by atoms with E-state index in [0.717, 1.165) is 5.56 Å². The van der Waals surface area contributed by atoms with Crippen LogP contribution in [-0.2, 0) is 0 Å². The molecule has 2 rings (SSSR count). The van der Waals surface area contributed by atoms with Crippen molar-refractivity contribution >= 4 is 29.0 Å². The average Bonchev–Trinajstić information content (AvgIpc) is 2.68. The van der Waals surface area contributed by atoms with Crippen LogP contribution in [0.4, 0.5) is 0 Å². The second-order valence-electron chi connectivity index (χ2n) is 4.81. The molecule has 5 heteroatoms. The highest BCUT2D eigenvalue weighted by atomic mass is 35.5. The third kappa shape index (κ3) is 2.83. The number of ketones is 1. The van der Waals surface area contributed by atoms with Gasteiger partial charge in [0.25, 0.3) is 0 Å². The Morgan fingerprint density at radius 1 is 1.19 bits per heavy atom. The van der Waals surface area contributed by atoms with Crippen molar-refractivity contribution < 1.29 is 9.21 Å². The smallest absolute Gasteiger partial charge is 0.188 e. The molecule has 1 unspecified atom stereocenters. The van der Waals surface area contributed by atoms with Gasteiger partial charge in [-0.15, -0.1) is 0 Å². The summed E-state index contributed by atoms with van der Waals surface area (Å²) < 4.78 is 5.46. The van der Waals surface area contributed by atoms with Crippen molar-refractivity contribution in [2.24, 2.45) is 0 Å². The molecular formula is C16H13Cl2NO2. The van der Waals surface area contributed by atoms with Crippen molar-refractivity contribution in [3.63, 3.8) is 0 Å². The number of rotatable bonds is 3. The summed E-state index contributed by atoms with van der Waals surface area (Å²) >= 11 is 11.8. The van der Waals surface area contributed by atoms with Crippen molar-refractivity contribution in [3.8, 4) is 6.07 Å². The highest BCUT2D eigenvalue weighted by Crippen LogP contribution is 2.31. The second kappa shape index (κ2) is 5.93. The first-order valence-electron chi connectivity index (χ1n) is 6.32. The molecule has 0 bridgehead atoms. The van der Waals surface area contributed by atoms with E-state index in [0.29, 0.717) is 32.7 Å². The van der Waals surface area contributed by atoms with Crippen molar-refractivity contribution in [1.29, 1.82) is 5.26 Å². The van der Waals surface area contributed by atoms with Gasteiger partial charge in [-0.2, -0.15) is 5.26 Å². The Morgan fingerprint density at radius 3 is 2.33 bits per heavy atom. The SMILES string of the molecule is Cc1oc(C)c(C(=O)C(C#N)c2ccc(Cl)c(Cl)c2)c1C. The van der Waals surface area contributed by atoms with Gasteiger partial charge < -0.3 is 4.42 Å². The molecule has 0 spiro atoms. The summed E-state index contributed by atoms with van der Waals surface area (Å²) in [5.74, 6) is -0.0195. The van der Waals surface area contributed by atoms with Gasteiger partial charge in [0, 0.05) is 5.56 Å². The van der Waals surface area contributed by atoms with Crippen LogP contribution >= 0.6 is 23.2 Å². The Bertz CT molecular complexity index is 756. The maximum Gasteiger partial charge on any atom is 0.188 e. The van der Waals surface area contributed by atoms with E-state index in [1.807, 2.05) is 13.0 Å². The molecule has 1 atom stereocenters. The molecule has 0 amide bonds. The van der Waals surface area contributed by atoms with Gasteiger partial charge in [0.05, 0.1) is 21.7 Å². The summed E-state index contributed by atoms with van der Waals surface area (Å²) in [4.78, 5) is 12.7. The van der Waals surface area contributed by atoms with Crippen molar-refractivity contribution in [2.45, 2.75) is 26.7 Å². The van der Waals surface area contributed by atoms with Gasteiger partial charge >= 0.3 is 0 Å². The lowest BCUT2D eigenvalue weighted by atomic mass is 9.90. The number of nitrogens with zero attached hydrogens (tertiary/aromatic N) is 1. The maximum atomic E-state index is 12.7. The number of furan rings is 1. The van der Waals surface area contributed by atoms with E-state index >= 15 is 0 Å². The summed E-state index contributed by atoms with van der Waals surface area (Å²) in [5.41, 5.74) is 1.75. The van der Waals surface area contributed by atoms with Gasteiger partial charge in [-0.1, -0.05) is 29.3 Å². The van der Waals surface area contributed by atoms with Gasteiger partial charge in [-0.3, -0.25) is 4.79 Å². The molecule has 108 valence electrons. The molecule has 0 saturated carbocycles. The van der Waals surface area contributed by atoms with Gasteiger partial charge in [0.15, 0.2) is 5.78 Å². The summed E-state index contributed by atoms with van der Waals surface area (Å²) in [6.45, 7) is 5.32. The number of hydrogen-bond acceptors (Lipinski definition) is 3. The Hall–Kier alpha value is -1.76. The first kappa shape index (κ1) is 15.6. The fourth-order valence-electron chi connectivity index (χ4n) is 2.28. The van der Waals surface area contributed by atoms with E-state index in [9.17, 15) is 10.1 Å². The zero-order valence-electron chi connectivity index (χ0n) is 11.8. The van der Waals surface area contributed by atoms with Crippen LogP contribution in [0, 0.1) is 32.1 Å². The molecule has 1 aromatic heterocycles. The minimum Gasteiger partial charge on any atom is -0.466 e. The molecule has 1 aromatic carbocycles. The quantitative estimate of drug-likeness (QED) is 0.747. The number of aryl methyl sites for hydroxylation is 2. The molecular weight excluding hydrogens is 309 g/mol. The summed E-state index contributed by atoms with van der Waals surface area (Å²) in [5, 5.41) is 10.1. The lowest BCUT2D eigenvalue weighted by Crippen LogP contribution is -2.13. The molecule has 3 nitrogen and oxygen atoms in total. The first-order chi connectivity index (χ1) is 9.86. The van der Waals surface area contributed by atoms with E-state index < -0.39 is 5.92 Å².